The lowest BCUT2D eigenvalue weighted by Crippen LogP contribution is -2.00. The van der Waals surface area contributed by atoms with E-state index in [4.69, 9.17) is 4.74 Å². The Hall–Kier alpha value is -3.05. The summed E-state index contributed by atoms with van der Waals surface area (Å²) < 4.78 is 5.85. The molecule has 0 N–H and O–H groups in total. The average Bonchev–Trinajstić information content (AvgIpc) is 2.62. The van der Waals surface area contributed by atoms with Crippen LogP contribution < -0.4 is 4.74 Å². The molecule has 0 bridgehead atoms. The summed E-state index contributed by atoms with van der Waals surface area (Å²) in [5.41, 5.74) is 2.14. The first-order chi connectivity index (χ1) is 11.3. The van der Waals surface area contributed by atoms with E-state index in [1.54, 1.807) is 0 Å². The van der Waals surface area contributed by atoms with Crippen molar-refractivity contribution in [2.75, 3.05) is 0 Å². The standard InChI is InChI=1S/C21H17NO/c22-16-19(14-17-8-3-1-4-9-17)18-10-7-13-21(15-18)23-20-11-5-2-6-12-20/h1-13,15,19H,14H2. The maximum atomic E-state index is 9.53. The second kappa shape index (κ2) is 7.29. The number of rotatable bonds is 5. The minimum absolute atomic E-state index is 0.184. The van der Waals surface area contributed by atoms with E-state index in [9.17, 15) is 5.26 Å². The van der Waals surface area contributed by atoms with Gasteiger partial charge in [-0.2, -0.15) is 5.26 Å². The van der Waals surface area contributed by atoms with Crippen molar-refractivity contribution in [3.8, 4) is 17.6 Å². The normalized spacial score (nSPS) is 11.4. The fraction of sp³-hybridized carbons (Fsp3) is 0.0952. The first-order valence-corrected chi connectivity index (χ1v) is 7.61. The number of ether oxygens (including phenoxy) is 1. The summed E-state index contributed by atoms with van der Waals surface area (Å²) in [5, 5.41) is 9.53. The van der Waals surface area contributed by atoms with Gasteiger partial charge in [-0.1, -0.05) is 60.7 Å². The van der Waals surface area contributed by atoms with Gasteiger partial charge >= 0.3 is 0 Å². The van der Waals surface area contributed by atoms with Gasteiger partial charge in [-0.05, 0) is 41.8 Å². The number of nitriles is 1. The SMILES string of the molecule is N#CC(Cc1ccccc1)c1cccc(Oc2ccccc2)c1. The lowest BCUT2D eigenvalue weighted by molar-refractivity contribution is 0.481. The molecule has 1 unspecified atom stereocenters. The molecule has 3 aromatic carbocycles. The van der Waals surface area contributed by atoms with Crippen LogP contribution in [0.15, 0.2) is 84.9 Å². The minimum Gasteiger partial charge on any atom is -0.457 e. The highest BCUT2D eigenvalue weighted by Gasteiger charge is 2.12. The van der Waals surface area contributed by atoms with Crippen molar-refractivity contribution >= 4 is 0 Å². The van der Waals surface area contributed by atoms with E-state index in [0.29, 0.717) is 6.42 Å². The Bertz CT molecular complexity index is 791. The van der Waals surface area contributed by atoms with Gasteiger partial charge in [0.25, 0.3) is 0 Å². The Kier molecular flexibility index (Phi) is 4.71. The summed E-state index contributed by atoms with van der Waals surface area (Å²) in [4.78, 5) is 0. The van der Waals surface area contributed by atoms with E-state index in [-0.39, 0.29) is 5.92 Å². The molecule has 0 aromatic heterocycles. The number of para-hydroxylation sites is 1. The van der Waals surface area contributed by atoms with Crippen LogP contribution in [0, 0.1) is 11.3 Å². The van der Waals surface area contributed by atoms with Gasteiger partial charge in [0.15, 0.2) is 0 Å². The van der Waals surface area contributed by atoms with Crippen molar-refractivity contribution in [1.82, 2.24) is 0 Å². The summed E-state index contributed by atoms with van der Waals surface area (Å²) in [6.07, 6.45) is 0.701. The van der Waals surface area contributed by atoms with Crippen LogP contribution >= 0.6 is 0 Å². The molecule has 0 spiro atoms. The maximum absolute atomic E-state index is 9.53. The lowest BCUT2D eigenvalue weighted by Gasteiger charge is -2.12. The van der Waals surface area contributed by atoms with Gasteiger partial charge in [0.2, 0.25) is 0 Å². The van der Waals surface area contributed by atoms with E-state index < -0.39 is 0 Å². The van der Waals surface area contributed by atoms with Crippen LogP contribution in [-0.2, 0) is 6.42 Å². The Labute approximate surface area is 136 Å². The minimum atomic E-state index is -0.184. The fourth-order valence-corrected chi connectivity index (χ4v) is 2.51. The van der Waals surface area contributed by atoms with Gasteiger partial charge in [-0.3, -0.25) is 0 Å². The first-order valence-electron chi connectivity index (χ1n) is 7.61. The zero-order valence-corrected chi connectivity index (χ0v) is 12.7. The molecule has 2 heteroatoms. The average molecular weight is 299 g/mol. The van der Waals surface area contributed by atoms with Crippen LogP contribution in [0.3, 0.4) is 0 Å². The van der Waals surface area contributed by atoms with E-state index in [1.165, 1.54) is 0 Å². The summed E-state index contributed by atoms with van der Waals surface area (Å²) in [7, 11) is 0. The third-order valence-corrected chi connectivity index (χ3v) is 3.68. The van der Waals surface area contributed by atoms with Crippen molar-refractivity contribution in [3.05, 3.63) is 96.1 Å². The molecule has 2 nitrogen and oxygen atoms in total. The van der Waals surface area contributed by atoms with E-state index >= 15 is 0 Å². The highest BCUT2D eigenvalue weighted by atomic mass is 16.5. The van der Waals surface area contributed by atoms with Crippen molar-refractivity contribution in [3.63, 3.8) is 0 Å². The van der Waals surface area contributed by atoms with Gasteiger partial charge in [0, 0.05) is 0 Å². The molecular formula is C21H17NO. The Balaban J connectivity index is 1.79. The quantitative estimate of drug-likeness (QED) is 0.638. The highest BCUT2D eigenvalue weighted by molar-refractivity contribution is 5.37. The molecule has 0 aliphatic carbocycles. The van der Waals surface area contributed by atoms with Gasteiger partial charge in [-0.15, -0.1) is 0 Å². The number of hydrogen-bond donors (Lipinski definition) is 0. The van der Waals surface area contributed by atoms with Crippen LogP contribution in [0.2, 0.25) is 0 Å². The van der Waals surface area contributed by atoms with Gasteiger partial charge in [0.05, 0.1) is 12.0 Å². The second-order valence-corrected chi connectivity index (χ2v) is 5.36. The monoisotopic (exact) mass is 299 g/mol. The molecule has 0 fully saturated rings. The smallest absolute Gasteiger partial charge is 0.127 e. The zero-order chi connectivity index (χ0) is 15.9. The number of hydrogen-bond acceptors (Lipinski definition) is 2. The Morgan fingerprint density at radius 3 is 2.13 bits per heavy atom. The maximum Gasteiger partial charge on any atom is 0.127 e. The van der Waals surface area contributed by atoms with Crippen LogP contribution in [0.5, 0.6) is 11.5 Å². The van der Waals surface area contributed by atoms with Gasteiger partial charge < -0.3 is 4.74 Å². The van der Waals surface area contributed by atoms with Crippen LogP contribution in [0.25, 0.3) is 0 Å². The zero-order valence-electron chi connectivity index (χ0n) is 12.7. The highest BCUT2D eigenvalue weighted by Crippen LogP contribution is 2.27. The van der Waals surface area contributed by atoms with Gasteiger partial charge in [-0.25, -0.2) is 0 Å². The van der Waals surface area contributed by atoms with E-state index in [0.717, 1.165) is 22.6 Å². The van der Waals surface area contributed by atoms with Crippen LogP contribution in [0.4, 0.5) is 0 Å². The molecule has 3 aromatic rings. The summed E-state index contributed by atoms with van der Waals surface area (Å²) in [5.74, 6) is 1.36. The van der Waals surface area contributed by atoms with E-state index in [1.807, 2.05) is 72.8 Å². The molecule has 0 saturated carbocycles. The molecular weight excluding hydrogens is 282 g/mol. The number of nitrogens with zero attached hydrogens (tertiary/aromatic N) is 1. The molecule has 0 heterocycles. The van der Waals surface area contributed by atoms with E-state index in [2.05, 4.69) is 18.2 Å². The predicted octanol–water partition coefficient (Wildman–Crippen LogP) is 5.33. The van der Waals surface area contributed by atoms with Crippen LogP contribution in [0.1, 0.15) is 17.0 Å². The molecule has 1 atom stereocenters. The topological polar surface area (TPSA) is 33.0 Å². The molecule has 0 saturated heterocycles. The molecule has 112 valence electrons. The predicted molar refractivity (Wildman–Crippen MR) is 91.5 cm³/mol. The summed E-state index contributed by atoms with van der Waals surface area (Å²) >= 11 is 0. The third-order valence-electron chi connectivity index (χ3n) is 3.68. The lowest BCUT2D eigenvalue weighted by atomic mass is 9.93. The molecule has 0 aliphatic rings. The van der Waals surface area contributed by atoms with Crippen molar-refractivity contribution in [2.24, 2.45) is 0 Å². The van der Waals surface area contributed by atoms with Crippen molar-refractivity contribution in [2.45, 2.75) is 12.3 Å². The van der Waals surface area contributed by atoms with Crippen LogP contribution in [-0.4, -0.2) is 0 Å². The molecule has 0 aliphatic heterocycles. The first kappa shape index (κ1) is 14.9. The van der Waals surface area contributed by atoms with Crippen molar-refractivity contribution < 1.29 is 4.74 Å². The Morgan fingerprint density at radius 1 is 0.783 bits per heavy atom. The molecule has 3 rings (SSSR count). The largest absolute Gasteiger partial charge is 0.457 e. The second-order valence-electron chi connectivity index (χ2n) is 5.36. The fourth-order valence-electron chi connectivity index (χ4n) is 2.51. The number of benzene rings is 3. The Morgan fingerprint density at radius 2 is 1.43 bits per heavy atom. The molecule has 0 radical (unpaired) electrons. The summed E-state index contributed by atoms with van der Waals surface area (Å²) in [6, 6.07) is 29.9. The van der Waals surface area contributed by atoms with Crippen molar-refractivity contribution in [1.29, 1.82) is 5.26 Å². The third kappa shape index (κ3) is 3.99. The molecule has 0 amide bonds. The molecule has 23 heavy (non-hydrogen) atoms. The van der Waals surface area contributed by atoms with Gasteiger partial charge in [0.1, 0.15) is 11.5 Å². The summed E-state index contributed by atoms with van der Waals surface area (Å²) in [6.45, 7) is 0.